The lowest BCUT2D eigenvalue weighted by Crippen LogP contribution is -2.23. The van der Waals surface area contributed by atoms with Gasteiger partial charge in [0.1, 0.15) is 30.2 Å². The van der Waals surface area contributed by atoms with E-state index < -0.39 is 0 Å². The highest BCUT2D eigenvalue weighted by molar-refractivity contribution is 5.93. The van der Waals surface area contributed by atoms with E-state index in [2.05, 4.69) is 20.4 Å². The Bertz CT molecular complexity index is 668. The summed E-state index contributed by atoms with van der Waals surface area (Å²) in [6.07, 6.45) is 1.48. The van der Waals surface area contributed by atoms with Crippen LogP contribution in [0.1, 0.15) is 19.7 Å². The molecule has 0 aliphatic heterocycles. The molecule has 2 aromatic rings. The van der Waals surface area contributed by atoms with Crippen molar-refractivity contribution in [2.24, 2.45) is 17.8 Å². The van der Waals surface area contributed by atoms with Crippen molar-refractivity contribution in [1.82, 2.24) is 14.8 Å². The monoisotopic (exact) mass is 318 g/mol. The van der Waals surface area contributed by atoms with Gasteiger partial charge in [0.15, 0.2) is 5.96 Å². The van der Waals surface area contributed by atoms with Gasteiger partial charge in [-0.25, -0.2) is 9.98 Å². The lowest BCUT2D eigenvalue weighted by molar-refractivity contribution is 0.332. The molecule has 3 N–H and O–H groups in total. The number of ether oxygens (including phenoxy) is 2. The quantitative estimate of drug-likeness (QED) is 0.593. The number of nitrogens with one attached hydrogen (secondary N) is 1. The normalized spacial score (nSPS) is 11.3. The molecule has 0 fully saturated rings. The van der Waals surface area contributed by atoms with Crippen LogP contribution in [-0.4, -0.2) is 33.9 Å². The summed E-state index contributed by atoms with van der Waals surface area (Å²) in [5.41, 5.74) is 6.65. The lowest BCUT2D eigenvalue weighted by atomic mass is 10.2. The summed E-state index contributed by atoms with van der Waals surface area (Å²) in [4.78, 5) is 8.36. The number of anilines is 1. The summed E-state index contributed by atoms with van der Waals surface area (Å²) >= 11 is 0. The lowest BCUT2D eigenvalue weighted by Gasteiger charge is -2.13. The van der Waals surface area contributed by atoms with Gasteiger partial charge in [0.25, 0.3) is 0 Å². The minimum absolute atomic E-state index is 0.266. The maximum absolute atomic E-state index is 5.95. The van der Waals surface area contributed by atoms with E-state index in [0.717, 1.165) is 11.6 Å². The highest BCUT2D eigenvalue weighted by atomic mass is 16.5. The smallest absolute Gasteiger partial charge is 0.193 e. The van der Waals surface area contributed by atoms with Gasteiger partial charge in [-0.3, -0.25) is 4.68 Å². The third-order valence-electron chi connectivity index (χ3n) is 3.02. The number of aromatic nitrogens is 3. The Morgan fingerprint density at radius 1 is 1.30 bits per heavy atom. The van der Waals surface area contributed by atoms with Gasteiger partial charge >= 0.3 is 0 Å². The molecule has 0 saturated carbocycles. The molecule has 0 aliphatic carbocycles. The van der Waals surface area contributed by atoms with Crippen molar-refractivity contribution in [1.29, 1.82) is 0 Å². The van der Waals surface area contributed by atoms with Crippen LogP contribution in [-0.2, 0) is 13.6 Å². The fourth-order valence-electron chi connectivity index (χ4n) is 1.94. The second-order valence-electron chi connectivity index (χ2n) is 4.65. The number of nitrogens with zero attached hydrogens (tertiary/aromatic N) is 4. The molecular weight excluding hydrogens is 296 g/mol. The van der Waals surface area contributed by atoms with Gasteiger partial charge in [0, 0.05) is 13.1 Å². The molecule has 2 rings (SSSR count). The van der Waals surface area contributed by atoms with Crippen molar-refractivity contribution in [3.8, 4) is 11.5 Å². The second-order valence-corrected chi connectivity index (χ2v) is 4.65. The second kappa shape index (κ2) is 8.02. The van der Waals surface area contributed by atoms with Crippen molar-refractivity contribution in [3.63, 3.8) is 0 Å². The average molecular weight is 318 g/mol. The topological polar surface area (TPSA) is 99.6 Å². The molecule has 23 heavy (non-hydrogen) atoms. The molecule has 8 heteroatoms. The van der Waals surface area contributed by atoms with Crippen LogP contribution in [0.5, 0.6) is 11.5 Å². The fourth-order valence-corrected chi connectivity index (χ4v) is 1.94. The summed E-state index contributed by atoms with van der Waals surface area (Å²) in [5.74, 6) is 2.41. The molecule has 0 unspecified atom stereocenters. The van der Waals surface area contributed by atoms with Gasteiger partial charge in [-0.15, -0.1) is 0 Å². The number of rotatable bonds is 7. The van der Waals surface area contributed by atoms with Crippen LogP contribution in [0.2, 0.25) is 0 Å². The van der Waals surface area contributed by atoms with Crippen LogP contribution in [0, 0.1) is 0 Å². The van der Waals surface area contributed by atoms with Gasteiger partial charge in [-0.2, -0.15) is 5.10 Å². The van der Waals surface area contributed by atoms with Crippen molar-refractivity contribution in [2.45, 2.75) is 20.4 Å². The first-order valence-electron chi connectivity index (χ1n) is 7.43. The maximum atomic E-state index is 5.95. The summed E-state index contributed by atoms with van der Waals surface area (Å²) in [6.45, 7) is 5.33. The van der Waals surface area contributed by atoms with E-state index in [1.807, 2.05) is 32.0 Å². The number of benzene rings is 1. The molecule has 0 bridgehead atoms. The van der Waals surface area contributed by atoms with Gasteiger partial charge in [0.2, 0.25) is 0 Å². The maximum Gasteiger partial charge on any atom is 0.193 e. The zero-order valence-corrected chi connectivity index (χ0v) is 13.6. The summed E-state index contributed by atoms with van der Waals surface area (Å²) in [7, 11) is 1.81. The van der Waals surface area contributed by atoms with E-state index in [0.29, 0.717) is 31.2 Å². The molecule has 0 amide bonds. The molecule has 1 heterocycles. The Balaban J connectivity index is 2.12. The number of hydrogen-bond acceptors (Lipinski definition) is 5. The van der Waals surface area contributed by atoms with Crippen LogP contribution >= 0.6 is 0 Å². The van der Waals surface area contributed by atoms with Crippen LogP contribution in [0.3, 0.4) is 0 Å². The molecule has 0 aliphatic rings. The Morgan fingerprint density at radius 3 is 2.74 bits per heavy atom. The van der Waals surface area contributed by atoms with Crippen LogP contribution in [0.15, 0.2) is 29.5 Å². The number of aliphatic imine (C=N–C) groups is 1. The Labute approximate surface area is 135 Å². The molecule has 0 radical (unpaired) electrons. The predicted molar refractivity (Wildman–Crippen MR) is 88.7 cm³/mol. The minimum atomic E-state index is 0.266. The largest absolute Gasteiger partial charge is 0.494 e. The third kappa shape index (κ3) is 4.60. The fraction of sp³-hybridized carbons (Fsp3) is 0.400. The van der Waals surface area contributed by atoms with Gasteiger partial charge in [-0.1, -0.05) is 0 Å². The summed E-state index contributed by atoms with van der Waals surface area (Å²) in [6, 6.07) is 5.53. The average Bonchev–Trinajstić information content (AvgIpc) is 2.93. The standard InChI is InChI=1S/C15H22N6O2/c1-4-22-11-6-7-13(23-5-2)12(8-11)20-15(16)17-9-14-18-10-19-21(14)3/h6-8,10H,4-5,9H2,1-3H3,(H3,16,17,20). The van der Waals surface area contributed by atoms with E-state index in [-0.39, 0.29) is 5.96 Å². The van der Waals surface area contributed by atoms with E-state index in [9.17, 15) is 0 Å². The Kier molecular flexibility index (Phi) is 5.79. The first kappa shape index (κ1) is 16.6. The van der Waals surface area contributed by atoms with Crippen LogP contribution < -0.4 is 20.5 Å². The minimum Gasteiger partial charge on any atom is -0.494 e. The van der Waals surface area contributed by atoms with Gasteiger partial charge in [-0.05, 0) is 26.0 Å². The number of aryl methyl sites for hydroxylation is 1. The molecule has 0 atom stereocenters. The molecule has 1 aromatic carbocycles. The van der Waals surface area contributed by atoms with Gasteiger partial charge in [0.05, 0.1) is 18.9 Å². The number of nitrogens with two attached hydrogens (primary N) is 1. The number of hydrogen-bond donors (Lipinski definition) is 2. The molecule has 8 nitrogen and oxygen atoms in total. The first-order valence-corrected chi connectivity index (χ1v) is 7.43. The SMILES string of the molecule is CCOc1ccc(OCC)c(NC(N)=NCc2ncnn2C)c1. The molecule has 124 valence electrons. The number of guanidine groups is 1. The van der Waals surface area contributed by atoms with E-state index in [1.165, 1.54) is 6.33 Å². The van der Waals surface area contributed by atoms with E-state index in [4.69, 9.17) is 15.2 Å². The van der Waals surface area contributed by atoms with Crippen LogP contribution in [0.4, 0.5) is 5.69 Å². The van der Waals surface area contributed by atoms with Crippen molar-refractivity contribution in [3.05, 3.63) is 30.4 Å². The molecule has 0 spiro atoms. The van der Waals surface area contributed by atoms with E-state index >= 15 is 0 Å². The van der Waals surface area contributed by atoms with Gasteiger partial charge < -0.3 is 20.5 Å². The van der Waals surface area contributed by atoms with Crippen molar-refractivity contribution in [2.75, 3.05) is 18.5 Å². The Hall–Kier alpha value is -2.77. The zero-order valence-electron chi connectivity index (χ0n) is 13.6. The summed E-state index contributed by atoms with van der Waals surface area (Å²) < 4.78 is 12.7. The molecule has 1 aromatic heterocycles. The third-order valence-corrected chi connectivity index (χ3v) is 3.02. The van der Waals surface area contributed by atoms with Crippen molar-refractivity contribution < 1.29 is 9.47 Å². The Morgan fingerprint density at radius 2 is 2.09 bits per heavy atom. The zero-order chi connectivity index (χ0) is 16.7. The first-order chi connectivity index (χ1) is 11.1. The van der Waals surface area contributed by atoms with Crippen LogP contribution in [0.25, 0.3) is 0 Å². The summed E-state index contributed by atoms with van der Waals surface area (Å²) in [5, 5.41) is 7.03. The highest BCUT2D eigenvalue weighted by Crippen LogP contribution is 2.29. The van der Waals surface area contributed by atoms with E-state index in [1.54, 1.807) is 11.7 Å². The predicted octanol–water partition coefficient (Wildman–Crippen LogP) is 1.54. The molecule has 0 saturated heterocycles. The highest BCUT2D eigenvalue weighted by Gasteiger charge is 2.07. The molecular formula is C15H22N6O2. The van der Waals surface area contributed by atoms with Crippen molar-refractivity contribution >= 4 is 11.6 Å².